The first-order valence-corrected chi connectivity index (χ1v) is 5.64. The summed E-state index contributed by atoms with van der Waals surface area (Å²) in [7, 11) is 0. The molecule has 1 heterocycles. The highest BCUT2D eigenvalue weighted by Gasteiger charge is 2.14. The predicted molar refractivity (Wildman–Crippen MR) is 65.4 cm³/mol. The molecule has 0 aliphatic carbocycles. The number of carbonyl (C=O) groups is 1. The normalized spacial score (nSPS) is 10.3. The Bertz CT molecular complexity index is 547. The molecule has 0 unspecified atom stereocenters. The first kappa shape index (κ1) is 11.8. The molecule has 1 amide bonds. The van der Waals surface area contributed by atoms with E-state index in [9.17, 15) is 9.18 Å². The molecule has 2 rings (SSSR count). The highest BCUT2D eigenvalue weighted by Crippen LogP contribution is 2.25. The number of halogens is 2. The topological polar surface area (TPSA) is 57.8 Å². The number of hydrogen-bond acceptors (Lipinski definition) is 2. The summed E-state index contributed by atoms with van der Waals surface area (Å²) in [4.78, 5) is 11.8. The zero-order chi connectivity index (χ0) is 12.4. The van der Waals surface area contributed by atoms with Crippen molar-refractivity contribution in [1.29, 1.82) is 0 Å². The standard InChI is InChI=1S/C11H9BrFN3O/c1-6-7(5-14-16-6)11(17)15-10-8(12)3-2-4-9(10)13/h2-5H,1H3,(H,14,16)(H,15,17). The molecule has 4 nitrogen and oxygen atoms in total. The number of aromatic amines is 1. The number of hydrogen-bond donors (Lipinski definition) is 2. The third kappa shape index (κ3) is 2.36. The molecule has 0 bridgehead atoms. The van der Waals surface area contributed by atoms with E-state index in [4.69, 9.17) is 0 Å². The molecular weight excluding hydrogens is 289 g/mol. The lowest BCUT2D eigenvalue weighted by atomic mass is 10.2. The van der Waals surface area contributed by atoms with Crippen LogP contribution in [0.3, 0.4) is 0 Å². The van der Waals surface area contributed by atoms with Crippen LogP contribution < -0.4 is 5.32 Å². The van der Waals surface area contributed by atoms with E-state index in [1.807, 2.05) is 0 Å². The monoisotopic (exact) mass is 297 g/mol. The highest BCUT2D eigenvalue weighted by atomic mass is 79.9. The number of amides is 1. The summed E-state index contributed by atoms with van der Waals surface area (Å²) in [6, 6.07) is 4.49. The maximum Gasteiger partial charge on any atom is 0.259 e. The number of aromatic nitrogens is 2. The number of carbonyl (C=O) groups excluding carboxylic acids is 1. The van der Waals surface area contributed by atoms with E-state index >= 15 is 0 Å². The molecule has 0 atom stereocenters. The van der Waals surface area contributed by atoms with E-state index < -0.39 is 11.7 Å². The van der Waals surface area contributed by atoms with Crippen molar-refractivity contribution in [3.05, 3.63) is 45.9 Å². The van der Waals surface area contributed by atoms with Gasteiger partial charge in [-0.05, 0) is 35.0 Å². The third-order valence-corrected chi connectivity index (χ3v) is 2.94. The summed E-state index contributed by atoms with van der Waals surface area (Å²) in [6.07, 6.45) is 1.40. The minimum Gasteiger partial charge on any atom is -0.318 e. The number of para-hydroxylation sites is 1. The van der Waals surface area contributed by atoms with Gasteiger partial charge in [0.1, 0.15) is 5.82 Å². The fraction of sp³-hybridized carbons (Fsp3) is 0.0909. The third-order valence-electron chi connectivity index (χ3n) is 2.28. The van der Waals surface area contributed by atoms with Gasteiger partial charge < -0.3 is 5.32 Å². The highest BCUT2D eigenvalue weighted by molar-refractivity contribution is 9.10. The van der Waals surface area contributed by atoms with Gasteiger partial charge in [0, 0.05) is 10.2 Å². The number of aryl methyl sites for hydroxylation is 1. The number of rotatable bonds is 2. The number of H-pyrrole nitrogens is 1. The van der Waals surface area contributed by atoms with Gasteiger partial charge in [-0.25, -0.2) is 4.39 Å². The molecule has 2 aromatic rings. The van der Waals surface area contributed by atoms with Crippen molar-refractivity contribution in [2.24, 2.45) is 0 Å². The lowest BCUT2D eigenvalue weighted by Crippen LogP contribution is -2.13. The zero-order valence-electron chi connectivity index (χ0n) is 8.92. The van der Waals surface area contributed by atoms with Crippen molar-refractivity contribution in [2.45, 2.75) is 6.92 Å². The van der Waals surface area contributed by atoms with E-state index in [1.54, 1.807) is 19.1 Å². The molecule has 1 aromatic carbocycles. The predicted octanol–water partition coefficient (Wildman–Crippen LogP) is 2.87. The van der Waals surface area contributed by atoms with Crippen molar-refractivity contribution in [3.8, 4) is 0 Å². The molecule has 0 saturated heterocycles. The van der Waals surface area contributed by atoms with Crippen molar-refractivity contribution in [3.63, 3.8) is 0 Å². The van der Waals surface area contributed by atoms with Crippen LogP contribution >= 0.6 is 15.9 Å². The smallest absolute Gasteiger partial charge is 0.259 e. The quantitative estimate of drug-likeness (QED) is 0.895. The molecule has 2 N–H and O–H groups in total. The fourth-order valence-corrected chi connectivity index (χ4v) is 1.82. The maximum atomic E-state index is 13.5. The Morgan fingerprint density at radius 2 is 2.29 bits per heavy atom. The lowest BCUT2D eigenvalue weighted by molar-refractivity contribution is 0.102. The van der Waals surface area contributed by atoms with Gasteiger partial charge in [0.05, 0.1) is 17.4 Å². The summed E-state index contributed by atoms with van der Waals surface area (Å²) in [5.74, 6) is -0.893. The van der Waals surface area contributed by atoms with E-state index in [0.29, 0.717) is 15.7 Å². The molecule has 0 aliphatic rings. The van der Waals surface area contributed by atoms with Gasteiger partial charge in [0.15, 0.2) is 0 Å². The van der Waals surface area contributed by atoms with Gasteiger partial charge in [-0.15, -0.1) is 0 Å². The van der Waals surface area contributed by atoms with Crippen molar-refractivity contribution in [2.75, 3.05) is 5.32 Å². The minimum absolute atomic E-state index is 0.123. The van der Waals surface area contributed by atoms with Gasteiger partial charge in [0.2, 0.25) is 0 Å². The van der Waals surface area contributed by atoms with Crippen LogP contribution in [0.15, 0.2) is 28.9 Å². The Morgan fingerprint density at radius 3 is 2.88 bits per heavy atom. The zero-order valence-corrected chi connectivity index (χ0v) is 10.5. The van der Waals surface area contributed by atoms with Crippen molar-refractivity contribution < 1.29 is 9.18 Å². The Balaban J connectivity index is 2.28. The van der Waals surface area contributed by atoms with Gasteiger partial charge in [-0.1, -0.05) is 6.07 Å². The summed E-state index contributed by atoms with van der Waals surface area (Å²) in [6.45, 7) is 1.72. The molecule has 17 heavy (non-hydrogen) atoms. The second-order valence-electron chi connectivity index (χ2n) is 3.46. The van der Waals surface area contributed by atoms with E-state index in [0.717, 1.165) is 0 Å². The van der Waals surface area contributed by atoms with Crippen LogP contribution in [0.2, 0.25) is 0 Å². The van der Waals surface area contributed by atoms with E-state index in [-0.39, 0.29) is 5.69 Å². The SMILES string of the molecule is Cc1[nH]ncc1C(=O)Nc1c(F)cccc1Br. The van der Waals surface area contributed by atoms with Gasteiger partial charge in [-0.3, -0.25) is 9.89 Å². The van der Waals surface area contributed by atoms with Crippen LogP contribution in [-0.4, -0.2) is 16.1 Å². The average molecular weight is 298 g/mol. The Morgan fingerprint density at radius 1 is 1.53 bits per heavy atom. The van der Waals surface area contributed by atoms with Crippen LogP contribution in [0.25, 0.3) is 0 Å². The maximum absolute atomic E-state index is 13.5. The van der Waals surface area contributed by atoms with Gasteiger partial charge in [-0.2, -0.15) is 5.10 Å². The molecular formula is C11H9BrFN3O. The van der Waals surface area contributed by atoms with E-state index in [1.165, 1.54) is 12.3 Å². The van der Waals surface area contributed by atoms with Gasteiger partial charge >= 0.3 is 0 Å². The Kier molecular flexibility index (Phi) is 3.23. The summed E-state index contributed by atoms with van der Waals surface area (Å²) >= 11 is 3.18. The first-order valence-electron chi connectivity index (χ1n) is 4.85. The lowest BCUT2D eigenvalue weighted by Gasteiger charge is -2.07. The molecule has 0 saturated carbocycles. The molecule has 0 radical (unpaired) electrons. The summed E-state index contributed by atoms with van der Waals surface area (Å²) in [5.41, 5.74) is 1.15. The van der Waals surface area contributed by atoms with Crippen LogP contribution in [0.5, 0.6) is 0 Å². The number of anilines is 1. The van der Waals surface area contributed by atoms with Gasteiger partial charge in [0.25, 0.3) is 5.91 Å². The average Bonchev–Trinajstić information content (AvgIpc) is 2.70. The van der Waals surface area contributed by atoms with Crippen molar-refractivity contribution in [1.82, 2.24) is 10.2 Å². The second kappa shape index (κ2) is 4.67. The largest absolute Gasteiger partial charge is 0.318 e. The first-order chi connectivity index (χ1) is 8.09. The minimum atomic E-state index is -0.492. The van der Waals surface area contributed by atoms with Crippen LogP contribution in [0.1, 0.15) is 16.1 Å². The molecule has 6 heteroatoms. The number of benzene rings is 1. The fourth-order valence-electron chi connectivity index (χ4n) is 1.38. The molecule has 1 aromatic heterocycles. The van der Waals surface area contributed by atoms with Crippen LogP contribution in [0, 0.1) is 12.7 Å². The Hall–Kier alpha value is -1.69. The summed E-state index contributed by atoms with van der Waals surface area (Å²) < 4.78 is 14.0. The molecule has 88 valence electrons. The second-order valence-corrected chi connectivity index (χ2v) is 4.31. The Labute approximate surface area is 105 Å². The molecule has 0 fully saturated rings. The number of nitrogens with zero attached hydrogens (tertiary/aromatic N) is 1. The van der Waals surface area contributed by atoms with Crippen molar-refractivity contribution >= 4 is 27.5 Å². The number of nitrogens with one attached hydrogen (secondary N) is 2. The van der Waals surface area contributed by atoms with Crippen LogP contribution in [0.4, 0.5) is 10.1 Å². The molecule has 0 aliphatic heterocycles. The van der Waals surface area contributed by atoms with E-state index in [2.05, 4.69) is 31.4 Å². The molecule has 0 spiro atoms. The van der Waals surface area contributed by atoms with Crippen LogP contribution in [-0.2, 0) is 0 Å². The summed E-state index contributed by atoms with van der Waals surface area (Å²) in [5, 5.41) is 8.89.